The van der Waals surface area contributed by atoms with Crippen molar-refractivity contribution in [3.8, 4) is 5.88 Å². The molecular formula is C13H12N2O2. The van der Waals surface area contributed by atoms with E-state index in [0.717, 1.165) is 0 Å². The van der Waals surface area contributed by atoms with Crippen molar-refractivity contribution in [2.24, 2.45) is 0 Å². The first-order chi connectivity index (χ1) is 8.31. The number of nitrogens with zero attached hydrogens (tertiary/aromatic N) is 2. The standard InChI is InChI=1S/C13H12N2O2/c1-2-17-12-8-11(14-9-15-12)13(16)10-6-4-3-5-7-10/h3-9H,2H2,1H3. The van der Waals surface area contributed by atoms with Crippen molar-refractivity contribution in [2.45, 2.75) is 6.92 Å². The molecule has 0 atom stereocenters. The van der Waals surface area contributed by atoms with Gasteiger partial charge >= 0.3 is 0 Å². The lowest BCUT2D eigenvalue weighted by atomic mass is 10.1. The van der Waals surface area contributed by atoms with Gasteiger partial charge in [-0.3, -0.25) is 4.79 Å². The van der Waals surface area contributed by atoms with Crippen LogP contribution in [-0.2, 0) is 0 Å². The maximum Gasteiger partial charge on any atom is 0.217 e. The van der Waals surface area contributed by atoms with Crippen LogP contribution in [0.5, 0.6) is 5.88 Å². The third-order valence-electron chi connectivity index (χ3n) is 2.20. The zero-order valence-corrected chi connectivity index (χ0v) is 9.46. The van der Waals surface area contributed by atoms with E-state index in [2.05, 4.69) is 9.97 Å². The Balaban J connectivity index is 2.28. The maximum absolute atomic E-state index is 12.1. The van der Waals surface area contributed by atoms with Crippen molar-refractivity contribution in [3.63, 3.8) is 0 Å². The first-order valence-electron chi connectivity index (χ1n) is 5.36. The predicted molar refractivity (Wildman–Crippen MR) is 63.1 cm³/mol. The van der Waals surface area contributed by atoms with Crippen LogP contribution in [0.1, 0.15) is 23.0 Å². The number of carbonyl (C=O) groups excluding carboxylic acids is 1. The quantitative estimate of drug-likeness (QED) is 0.752. The molecular weight excluding hydrogens is 216 g/mol. The number of ketones is 1. The molecule has 0 amide bonds. The third-order valence-corrected chi connectivity index (χ3v) is 2.20. The Bertz CT molecular complexity index is 512. The first-order valence-corrected chi connectivity index (χ1v) is 5.36. The Hall–Kier alpha value is -2.23. The van der Waals surface area contributed by atoms with Crippen LogP contribution >= 0.6 is 0 Å². The monoisotopic (exact) mass is 228 g/mol. The molecule has 0 aliphatic heterocycles. The molecule has 0 N–H and O–H groups in total. The Morgan fingerprint density at radius 3 is 2.71 bits per heavy atom. The van der Waals surface area contributed by atoms with E-state index >= 15 is 0 Å². The lowest BCUT2D eigenvalue weighted by Gasteiger charge is -2.03. The molecule has 0 saturated heterocycles. The van der Waals surface area contributed by atoms with Crippen LogP contribution in [0.15, 0.2) is 42.7 Å². The lowest BCUT2D eigenvalue weighted by molar-refractivity contribution is 0.103. The minimum Gasteiger partial charge on any atom is -0.478 e. The van der Waals surface area contributed by atoms with E-state index in [9.17, 15) is 4.79 Å². The average molecular weight is 228 g/mol. The summed E-state index contributed by atoms with van der Waals surface area (Å²) in [5.41, 5.74) is 0.947. The molecule has 1 aromatic heterocycles. The highest BCUT2D eigenvalue weighted by Gasteiger charge is 2.11. The molecule has 0 saturated carbocycles. The molecule has 4 nitrogen and oxygen atoms in total. The van der Waals surface area contributed by atoms with Gasteiger partial charge in [0.25, 0.3) is 0 Å². The zero-order valence-electron chi connectivity index (χ0n) is 9.46. The molecule has 4 heteroatoms. The summed E-state index contributed by atoms with van der Waals surface area (Å²) in [4.78, 5) is 19.9. The van der Waals surface area contributed by atoms with E-state index in [0.29, 0.717) is 23.7 Å². The summed E-state index contributed by atoms with van der Waals surface area (Å²) in [5.74, 6) is 0.288. The zero-order chi connectivity index (χ0) is 12.1. The molecule has 86 valence electrons. The summed E-state index contributed by atoms with van der Waals surface area (Å²) in [7, 11) is 0. The Kier molecular flexibility index (Phi) is 3.45. The highest BCUT2D eigenvalue weighted by Crippen LogP contribution is 2.11. The molecule has 0 fully saturated rings. The summed E-state index contributed by atoms with van der Waals surface area (Å²) in [6.07, 6.45) is 1.33. The molecule has 0 unspecified atom stereocenters. The van der Waals surface area contributed by atoms with E-state index in [1.54, 1.807) is 18.2 Å². The first kappa shape index (κ1) is 11.3. The Morgan fingerprint density at radius 2 is 2.00 bits per heavy atom. The molecule has 2 rings (SSSR count). The molecule has 0 radical (unpaired) electrons. The Morgan fingerprint density at radius 1 is 1.24 bits per heavy atom. The molecule has 0 aliphatic rings. The molecule has 17 heavy (non-hydrogen) atoms. The van der Waals surface area contributed by atoms with Crippen LogP contribution in [0.25, 0.3) is 0 Å². The lowest BCUT2D eigenvalue weighted by Crippen LogP contribution is -2.05. The summed E-state index contributed by atoms with van der Waals surface area (Å²) < 4.78 is 5.23. The second kappa shape index (κ2) is 5.21. The summed E-state index contributed by atoms with van der Waals surface area (Å²) in [6.45, 7) is 2.37. The maximum atomic E-state index is 12.1. The van der Waals surface area contributed by atoms with Crippen LogP contribution in [0.3, 0.4) is 0 Å². The van der Waals surface area contributed by atoms with Crippen molar-refractivity contribution < 1.29 is 9.53 Å². The number of aromatic nitrogens is 2. The number of benzene rings is 1. The summed E-state index contributed by atoms with van der Waals surface area (Å²) in [5, 5.41) is 0. The SMILES string of the molecule is CCOc1cc(C(=O)c2ccccc2)ncn1. The largest absolute Gasteiger partial charge is 0.478 e. The van der Waals surface area contributed by atoms with Crippen LogP contribution < -0.4 is 4.74 Å². The predicted octanol–water partition coefficient (Wildman–Crippen LogP) is 2.11. The minimum atomic E-state index is -0.131. The van der Waals surface area contributed by atoms with Gasteiger partial charge in [-0.1, -0.05) is 30.3 Å². The van der Waals surface area contributed by atoms with Gasteiger partial charge < -0.3 is 4.74 Å². The normalized spacial score (nSPS) is 9.94. The number of ether oxygens (including phenoxy) is 1. The summed E-state index contributed by atoms with van der Waals surface area (Å²) >= 11 is 0. The van der Waals surface area contributed by atoms with Crippen molar-refractivity contribution in [3.05, 3.63) is 54.0 Å². The van der Waals surface area contributed by atoms with Crippen molar-refractivity contribution in [1.82, 2.24) is 9.97 Å². The van der Waals surface area contributed by atoms with Crippen molar-refractivity contribution in [1.29, 1.82) is 0 Å². The van der Waals surface area contributed by atoms with Crippen molar-refractivity contribution >= 4 is 5.78 Å². The molecule has 1 heterocycles. The average Bonchev–Trinajstić information content (AvgIpc) is 2.40. The molecule has 2 aromatic rings. The molecule has 0 bridgehead atoms. The fourth-order valence-electron chi connectivity index (χ4n) is 1.43. The van der Waals surface area contributed by atoms with Gasteiger partial charge in [0, 0.05) is 11.6 Å². The van der Waals surface area contributed by atoms with Gasteiger partial charge in [-0.25, -0.2) is 9.97 Å². The second-order valence-corrected chi connectivity index (χ2v) is 3.37. The van der Waals surface area contributed by atoms with E-state index in [1.165, 1.54) is 6.33 Å². The highest BCUT2D eigenvalue weighted by atomic mass is 16.5. The molecule has 0 spiro atoms. The van der Waals surface area contributed by atoms with E-state index in [1.807, 2.05) is 25.1 Å². The van der Waals surface area contributed by atoms with Gasteiger partial charge in [0.15, 0.2) is 0 Å². The van der Waals surface area contributed by atoms with E-state index in [-0.39, 0.29) is 5.78 Å². The second-order valence-electron chi connectivity index (χ2n) is 3.37. The van der Waals surface area contributed by atoms with Gasteiger partial charge in [-0.15, -0.1) is 0 Å². The van der Waals surface area contributed by atoms with E-state index < -0.39 is 0 Å². The van der Waals surface area contributed by atoms with Gasteiger partial charge in [0.1, 0.15) is 12.0 Å². The number of carbonyl (C=O) groups is 1. The highest BCUT2D eigenvalue weighted by molar-refractivity contribution is 6.07. The van der Waals surface area contributed by atoms with Crippen LogP contribution in [0.2, 0.25) is 0 Å². The van der Waals surface area contributed by atoms with Crippen LogP contribution in [0, 0.1) is 0 Å². The number of rotatable bonds is 4. The third kappa shape index (κ3) is 2.66. The van der Waals surface area contributed by atoms with Gasteiger partial charge in [0.05, 0.1) is 6.61 Å². The van der Waals surface area contributed by atoms with Gasteiger partial charge in [-0.05, 0) is 6.92 Å². The van der Waals surface area contributed by atoms with Crippen molar-refractivity contribution in [2.75, 3.05) is 6.61 Å². The van der Waals surface area contributed by atoms with E-state index in [4.69, 9.17) is 4.74 Å². The Labute approximate surface area is 99.3 Å². The summed E-state index contributed by atoms with van der Waals surface area (Å²) in [6, 6.07) is 10.6. The van der Waals surface area contributed by atoms with Crippen LogP contribution in [-0.4, -0.2) is 22.4 Å². The topological polar surface area (TPSA) is 52.1 Å². The number of hydrogen-bond donors (Lipinski definition) is 0. The minimum absolute atomic E-state index is 0.131. The van der Waals surface area contributed by atoms with Gasteiger partial charge in [-0.2, -0.15) is 0 Å². The van der Waals surface area contributed by atoms with Gasteiger partial charge in [0.2, 0.25) is 11.7 Å². The molecule has 1 aromatic carbocycles. The number of hydrogen-bond acceptors (Lipinski definition) is 4. The van der Waals surface area contributed by atoms with Crippen LogP contribution in [0.4, 0.5) is 0 Å². The fraction of sp³-hybridized carbons (Fsp3) is 0.154. The smallest absolute Gasteiger partial charge is 0.217 e. The fourth-order valence-corrected chi connectivity index (χ4v) is 1.43. The molecule has 0 aliphatic carbocycles.